The molecular weight excluding hydrogens is 264 g/mol. The van der Waals surface area contributed by atoms with Crippen LogP contribution in [-0.2, 0) is 14.8 Å². The molecule has 1 aliphatic carbocycles. The molecule has 0 spiro atoms. The summed E-state index contributed by atoms with van der Waals surface area (Å²) in [7, 11) is -3.38. The van der Waals surface area contributed by atoms with Gasteiger partial charge in [-0.2, -0.15) is 4.31 Å². The first-order chi connectivity index (χ1) is 8.67. The summed E-state index contributed by atoms with van der Waals surface area (Å²) in [6, 6.07) is 0. The number of amides is 1. The van der Waals surface area contributed by atoms with E-state index in [1.807, 2.05) is 6.92 Å². The second kappa shape index (κ2) is 4.45. The van der Waals surface area contributed by atoms with Gasteiger partial charge in [0.25, 0.3) is 0 Å². The highest BCUT2D eigenvalue weighted by molar-refractivity contribution is 7.90. The predicted molar refractivity (Wildman–Crippen MR) is 74.2 cm³/mol. The Bertz CT molecular complexity index is 480. The fourth-order valence-electron chi connectivity index (χ4n) is 2.69. The average molecular weight is 288 g/mol. The van der Waals surface area contributed by atoms with Crippen LogP contribution in [0.2, 0.25) is 0 Å². The van der Waals surface area contributed by atoms with E-state index in [-0.39, 0.29) is 5.91 Å². The van der Waals surface area contributed by atoms with Gasteiger partial charge in [0.1, 0.15) is 5.54 Å². The molecule has 0 aromatic heterocycles. The van der Waals surface area contributed by atoms with Crippen molar-refractivity contribution >= 4 is 15.9 Å². The third kappa shape index (κ3) is 2.18. The van der Waals surface area contributed by atoms with Crippen molar-refractivity contribution in [3.8, 4) is 0 Å². The van der Waals surface area contributed by atoms with E-state index in [1.165, 1.54) is 4.31 Å². The fraction of sp³-hybridized carbons (Fsp3) is 0.923. The average Bonchev–Trinajstić information content (AvgIpc) is 3.05. The van der Waals surface area contributed by atoms with Gasteiger partial charge in [-0.05, 0) is 40.0 Å². The molecule has 1 heterocycles. The zero-order chi connectivity index (χ0) is 14.5. The maximum Gasteiger partial charge on any atom is 0.243 e. The Balaban J connectivity index is 2.28. The lowest BCUT2D eigenvalue weighted by atomic mass is 10.0. The zero-order valence-corrected chi connectivity index (χ0v) is 13.1. The number of rotatable bonds is 4. The van der Waals surface area contributed by atoms with Gasteiger partial charge in [-0.25, -0.2) is 8.42 Å². The number of carbonyl (C=O) groups is 1. The van der Waals surface area contributed by atoms with Crippen LogP contribution in [0.1, 0.15) is 47.0 Å². The third-order valence-corrected chi connectivity index (χ3v) is 7.24. The number of carbonyl (C=O) groups excluding carboxylic acids is 1. The maximum absolute atomic E-state index is 12.7. The Kier molecular flexibility index (Phi) is 3.46. The normalized spacial score (nSPS) is 26.5. The van der Waals surface area contributed by atoms with Crippen LogP contribution in [0.4, 0.5) is 0 Å². The molecule has 0 atom stereocenters. The van der Waals surface area contributed by atoms with E-state index in [0.29, 0.717) is 32.5 Å². The van der Waals surface area contributed by atoms with Crippen LogP contribution in [0.15, 0.2) is 0 Å². The first-order valence-electron chi connectivity index (χ1n) is 6.98. The Morgan fingerprint density at radius 1 is 1.16 bits per heavy atom. The molecule has 2 aliphatic rings. The zero-order valence-electron chi connectivity index (χ0n) is 12.3. The monoisotopic (exact) mass is 288 g/mol. The lowest BCUT2D eigenvalue weighted by Crippen LogP contribution is -2.65. The van der Waals surface area contributed by atoms with Gasteiger partial charge in [0.15, 0.2) is 0 Å². The molecule has 1 saturated carbocycles. The van der Waals surface area contributed by atoms with Crippen LogP contribution in [0, 0.1) is 0 Å². The van der Waals surface area contributed by atoms with Crippen LogP contribution in [-0.4, -0.2) is 53.5 Å². The second-order valence-electron chi connectivity index (χ2n) is 6.38. The summed E-state index contributed by atoms with van der Waals surface area (Å²) >= 11 is 0. The molecule has 19 heavy (non-hydrogen) atoms. The standard InChI is InChI=1S/C13H24N2O3S/c1-5-8-14-9-10-15(12(2,3)11(14)16)19(17,18)13(4)6-7-13/h5-10H2,1-4H3. The molecule has 0 N–H and O–H groups in total. The minimum absolute atomic E-state index is 0.0755. The summed E-state index contributed by atoms with van der Waals surface area (Å²) in [6.45, 7) is 8.87. The number of piperazine rings is 1. The maximum atomic E-state index is 12.7. The van der Waals surface area contributed by atoms with Gasteiger partial charge in [0.2, 0.25) is 15.9 Å². The van der Waals surface area contributed by atoms with Crippen LogP contribution in [0.5, 0.6) is 0 Å². The van der Waals surface area contributed by atoms with E-state index in [0.717, 1.165) is 6.42 Å². The molecule has 1 amide bonds. The summed E-state index contributed by atoms with van der Waals surface area (Å²) < 4.78 is 26.1. The predicted octanol–water partition coefficient (Wildman–Crippen LogP) is 1.20. The Labute approximate surface area is 116 Å². The summed E-state index contributed by atoms with van der Waals surface area (Å²) in [5.74, 6) is -0.0755. The molecule has 0 aromatic rings. The van der Waals surface area contributed by atoms with Gasteiger partial charge in [0, 0.05) is 19.6 Å². The Morgan fingerprint density at radius 2 is 1.74 bits per heavy atom. The smallest absolute Gasteiger partial charge is 0.243 e. The Hall–Kier alpha value is -0.620. The first-order valence-corrected chi connectivity index (χ1v) is 8.42. The molecule has 1 saturated heterocycles. The van der Waals surface area contributed by atoms with Gasteiger partial charge in [-0.3, -0.25) is 4.79 Å². The van der Waals surface area contributed by atoms with Crippen LogP contribution in [0.3, 0.4) is 0 Å². The van der Waals surface area contributed by atoms with Gasteiger partial charge in [0.05, 0.1) is 4.75 Å². The number of hydrogen-bond donors (Lipinski definition) is 0. The van der Waals surface area contributed by atoms with Crippen molar-refractivity contribution in [2.45, 2.75) is 57.2 Å². The van der Waals surface area contributed by atoms with Gasteiger partial charge in [-0.15, -0.1) is 0 Å². The van der Waals surface area contributed by atoms with Crippen molar-refractivity contribution in [3.63, 3.8) is 0 Å². The molecule has 0 radical (unpaired) electrons. The van der Waals surface area contributed by atoms with Gasteiger partial charge < -0.3 is 4.90 Å². The quantitative estimate of drug-likeness (QED) is 0.781. The number of nitrogens with zero attached hydrogens (tertiary/aromatic N) is 2. The highest BCUT2D eigenvalue weighted by Gasteiger charge is 2.58. The Morgan fingerprint density at radius 3 is 2.21 bits per heavy atom. The molecular formula is C13H24N2O3S. The van der Waals surface area contributed by atoms with E-state index < -0.39 is 20.3 Å². The molecule has 2 rings (SSSR count). The van der Waals surface area contributed by atoms with Gasteiger partial charge in [-0.1, -0.05) is 6.92 Å². The number of hydrogen-bond acceptors (Lipinski definition) is 3. The molecule has 0 aromatic carbocycles. The lowest BCUT2D eigenvalue weighted by Gasteiger charge is -2.45. The molecule has 110 valence electrons. The van der Waals surface area contributed by atoms with E-state index >= 15 is 0 Å². The van der Waals surface area contributed by atoms with Crippen LogP contribution < -0.4 is 0 Å². The van der Waals surface area contributed by atoms with Gasteiger partial charge >= 0.3 is 0 Å². The molecule has 1 aliphatic heterocycles. The van der Waals surface area contributed by atoms with Crippen LogP contribution in [0.25, 0.3) is 0 Å². The molecule has 6 heteroatoms. The highest BCUT2D eigenvalue weighted by atomic mass is 32.2. The lowest BCUT2D eigenvalue weighted by molar-refractivity contribution is -0.144. The van der Waals surface area contributed by atoms with Crippen molar-refractivity contribution < 1.29 is 13.2 Å². The summed E-state index contributed by atoms with van der Waals surface area (Å²) in [6.07, 6.45) is 2.30. The van der Waals surface area contributed by atoms with E-state index in [9.17, 15) is 13.2 Å². The van der Waals surface area contributed by atoms with Crippen molar-refractivity contribution in [1.29, 1.82) is 0 Å². The molecule has 5 nitrogen and oxygen atoms in total. The van der Waals surface area contributed by atoms with Crippen molar-refractivity contribution in [1.82, 2.24) is 9.21 Å². The molecule has 0 unspecified atom stereocenters. The van der Waals surface area contributed by atoms with E-state index in [1.54, 1.807) is 25.7 Å². The highest BCUT2D eigenvalue weighted by Crippen LogP contribution is 2.46. The molecule has 0 bridgehead atoms. The minimum Gasteiger partial charge on any atom is -0.340 e. The largest absolute Gasteiger partial charge is 0.340 e. The fourth-order valence-corrected chi connectivity index (χ4v) is 4.84. The van der Waals surface area contributed by atoms with Crippen molar-refractivity contribution in [2.24, 2.45) is 0 Å². The third-order valence-electron chi connectivity index (χ3n) is 4.37. The first kappa shape index (κ1) is 14.8. The second-order valence-corrected chi connectivity index (χ2v) is 8.75. The summed E-state index contributed by atoms with van der Waals surface area (Å²) in [5, 5.41) is 0. The minimum atomic E-state index is -3.38. The van der Waals surface area contributed by atoms with Crippen LogP contribution >= 0.6 is 0 Å². The van der Waals surface area contributed by atoms with Crippen molar-refractivity contribution in [2.75, 3.05) is 19.6 Å². The van der Waals surface area contributed by atoms with E-state index in [4.69, 9.17) is 0 Å². The summed E-state index contributed by atoms with van der Waals surface area (Å²) in [4.78, 5) is 14.2. The number of sulfonamides is 1. The SMILES string of the molecule is CCCN1CCN(S(=O)(=O)C2(C)CC2)C(C)(C)C1=O. The van der Waals surface area contributed by atoms with E-state index in [2.05, 4.69) is 0 Å². The topological polar surface area (TPSA) is 57.7 Å². The summed E-state index contributed by atoms with van der Waals surface area (Å²) in [5.41, 5.74) is -0.960. The molecule has 2 fully saturated rings. The van der Waals surface area contributed by atoms with Crippen molar-refractivity contribution in [3.05, 3.63) is 0 Å².